The van der Waals surface area contributed by atoms with Crippen molar-refractivity contribution in [2.24, 2.45) is 0 Å². The Morgan fingerprint density at radius 3 is 2.36 bits per heavy atom. The quantitative estimate of drug-likeness (QED) is 0.435. The van der Waals surface area contributed by atoms with Crippen molar-refractivity contribution < 1.29 is 13.6 Å². The van der Waals surface area contributed by atoms with Crippen molar-refractivity contribution in [3.05, 3.63) is 53.1 Å². The second kappa shape index (κ2) is 7.98. The van der Waals surface area contributed by atoms with E-state index in [9.17, 15) is 4.57 Å². The Bertz CT molecular complexity index is 900. The second-order valence-electron chi connectivity index (χ2n) is 5.41. The van der Waals surface area contributed by atoms with Gasteiger partial charge in [0.15, 0.2) is 0 Å². The summed E-state index contributed by atoms with van der Waals surface area (Å²) in [6.45, 7) is 4.35. The van der Waals surface area contributed by atoms with Gasteiger partial charge in [0.05, 0.1) is 34.6 Å². The number of hydrogen-bond acceptors (Lipinski definition) is 5. The third kappa shape index (κ3) is 4.30. The molecule has 0 saturated carbocycles. The van der Waals surface area contributed by atoms with Crippen LogP contribution >= 0.6 is 30.5 Å². The monoisotopic (exact) mass is 395 g/mol. The molecule has 132 valence electrons. The van der Waals surface area contributed by atoms with E-state index in [1.165, 1.54) is 0 Å². The maximum Gasteiger partial charge on any atom is 0.335 e. The van der Waals surface area contributed by atoms with Gasteiger partial charge in [0.25, 0.3) is 0 Å². The fourth-order valence-electron chi connectivity index (χ4n) is 2.54. The van der Waals surface area contributed by atoms with E-state index in [2.05, 4.69) is 4.98 Å². The summed E-state index contributed by atoms with van der Waals surface area (Å²) in [4.78, 5) is 4.64. The molecular formula is C18H19ClNO3PS. The summed E-state index contributed by atoms with van der Waals surface area (Å²) < 4.78 is 24.3. The van der Waals surface area contributed by atoms with Crippen LogP contribution in [0.15, 0.2) is 42.5 Å². The highest BCUT2D eigenvalue weighted by Gasteiger charge is 2.24. The molecule has 0 unspecified atom stereocenters. The van der Waals surface area contributed by atoms with Gasteiger partial charge in [-0.05, 0) is 31.5 Å². The van der Waals surface area contributed by atoms with Crippen LogP contribution in [0.4, 0.5) is 0 Å². The van der Waals surface area contributed by atoms with Gasteiger partial charge < -0.3 is 9.05 Å². The second-order valence-corrected chi connectivity index (χ2v) is 8.87. The summed E-state index contributed by atoms with van der Waals surface area (Å²) in [5.74, 6) is 0. The Morgan fingerprint density at radius 2 is 1.76 bits per heavy atom. The molecule has 0 aliphatic heterocycles. The van der Waals surface area contributed by atoms with E-state index < -0.39 is 7.60 Å². The standard InChI is InChI=1S/C18H19ClNO3PS/c1-3-22-24(21,23-4-2)12-13-8-10-14(11-9-13)18-20-16-7-5-6-15(19)17(16)25-18/h5-11H,3-4,12H2,1-2H3. The van der Waals surface area contributed by atoms with Gasteiger partial charge in [-0.1, -0.05) is 41.9 Å². The van der Waals surface area contributed by atoms with Crippen molar-refractivity contribution in [3.8, 4) is 10.6 Å². The maximum absolute atomic E-state index is 12.6. The Kier molecular flexibility index (Phi) is 5.92. The molecule has 25 heavy (non-hydrogen) atoms. The zero-order chi connectivity index (χ0) is 17.9. The Labute approximate surface area is 156 Å². The molecule has 1 aromatic heterocycles. The predicted octanol–water partition coefficient (Wildman–Crippen LogP) is 6.38. The molecule has 0 N–H and O–H groups in total. The number of nitrogens with zero attached hydrogens (tertiary/aromatic N) is 1. The van der Waals surface area contributed by atoms with Crippen LogP contribution in [0.5, 0.6) is 0 Å². The van der Waals surface area contributed by atoms with Gasteiger partial charge in [-0.15, -0.1) is 11.3 Å². The summed E-state index contributed by atoms with van der Waals surface area (Å²) in [5.41, 5.74) is 2.81. The van der Waals surface area contributed by atoms with Crippen molar-refractivity contribution >= 4 is 40.8 Å². The van der Waals surface area contributed by atoms with E-state index in [1.807, 2.05) is 56.3 Å². The molecule has 0 saturated heterocycles. The van der Waals surface area contributed by atoms with Gasteiger partial charge in [0, 0.05) is 5.56 Å². The molecule has 0 radical (unpaired) electrons. The van der Waals surface area contributed by atoms with Crippen LogP contribution in [0.1, 0.15) is 19.4 Å². The molecule has 0 spiro atoms. The predicted molar refractivity (Wildman–Crippen MR) is 105 cm³/mol. The van der Waals surface area contributed by atoms with Crippen LogP contribution in [-0.4, -0.2) is 18.2 Å². The molecular weight excluding hydrogens is 377 g/mol. The highest BCUT2D eigenvalue weighted by Crippen LogP contribution is 2.51. The van der Waals surface area contributed by atoms with Gasteiger partial charge in [0.2, 0.25) is 0 Å². The van der Waals surface area contributed by atoms with Crippen LogP contribution in [0.3, 0.4) is 0 Å². The average molecular weight is 396 g/mol. The summed E-state index contributed by atoms with van der Waals surface area (Å²) in [7, 11) is -3.09. The fourth-order valence-corrected chi connectivity index (χ4v) is 5.50. The first-order valence-corrected chi connectivity index (χ1v) is 11.0. The summed E-state index contributed by atoms with van der Waals surface area (Å²) >= 11 is 7.79. The van der Waals surface area contributed by atoms with E-state index in [0.29, 0.717) is 18.2 Å². The normalized spacial score (nSPS) is 12.0. The number of aromatic nitrogens is 1. The third-order valence-corrected chi connectivity index (χ3v) is 7.23. The fraction of sp³-hybridized carbons (Fsp3) is 0.278. The summed E-state index contributed by atoms with van der Waals surface area (Å²) in [6, 6.07) is 13.5. The van der Waals surface area contributed by atoms with Crippen LogP contribution < -0.4 is 0 Å². The molecule has 7 heteroatoms. The van der Waals surface area contributed by atoms with Crippen LogP contribution in [0.25, 0.3) is 20.8 Å². The highest BCUT2D eigenvalue weighted by molar-refractivity contribution is 7.53. The van der Waals surface area contributed by atoms with Gasteiger partial charge in [-0.25, -0.2) is 4.98 Å². The number of benzene rings is 2. The van der Waals surface area contributed by atoms with Crippen molar-refractivity contribution in [2.45, 2.75) is 20.0 Å². The van der Waals surface area contributed by atoms with Gasteiger partial charge in [-0.3, -0.25) is 4.57 Å². The van der Waals surface area contributed by atoms with E-state index in [0.717, 1.165) is 26.4 Å². The molecule has 0 bridgehead atoms. The van der Waals surface area contributed by atoms with Crippen molar-refractivity contribution in [3.63, 3.8) is 0 Å². The maximum atomic E-state index is 12.6. The zero-order valence-corrected chi connectivity index (χ0v) is 16.5. The molecule has 0 aliphatic rings. The number of hydrogen-bond donors (Lipinski definition) is 0. The van der Waals surface area contributed by atoms with E-state index in [1.54, 1.807) is 11.3 Å². The summed E-state index contributed by atoms with van der Waals surface area (Å²) in [5, 5.41) is 1.62. The number of fused-ring (bicyclic) bond motifs is 1. The SMILES string of the molecule is CCOP(=O)(Cc1ccc(-c2nc3cccc(Cl)c3s2)cc1)OCC. The Hall–Kier alpha value is -1.23. The molecule has 0 fully saturated rings. The molecule has 2 aromatic carbocycles. The third-order valence-electron chi connectivity index (χ3n) is 3.60. The average Bonchev–Trinajstić information content (AvgIpc) is 3.01. The Balaban J connectivity index is 1.84. The zero-order valence-electron chi connectivity index (χ0n) is 14.1. The molecule has 1 heterocycles. The lowest BCUT2D eigenvalue weighted by Crippen LogP contribution is -1.99. The van der Waals surface area contributed by atoms with E-state index >= 15 is 0 Å². The van der Waals surface area contributed by atoms with Crippen LogP contribution in [-0.2, 0) is 19.8 Å². The first kappa shape index (κ1) is 18.6. The lowest BCUT2D eigenvalue weighted by molar-refractivity contribution is 0.219. The minimum Gasteiger partial charge on any atom is -0.309 e. The first-order chi connectivity index (χ1) is 12.0. The first-order valence-electron chi connectivity index (χ1n) is 8.07. The highest BCUT2D eigenvalue weighted by atomic mass is 35.5. The molecule has 0 aliphatic carbocycles. The van der Waals surface area contributed by atoms with Crippen molar-refractivity contribution in [1.29, 1.82) is 0 Å². The lowest BCUT2D eigenvalue weighted by atomic mass is 10.2. The molecule has 0 atom stereocenters. The van der Waals surface area contributed by atoms with Gasteiger partial charge >= 0.3 is 7.60 Å². The number of thiazole rings is 1. The Morgan fingerprint density at radius 1 is 1.08 bits per heavy atom. The summed E-state index contributed by atoms with van der Waals surface area (Å²) in [6.07, 6.45) is 0.265. The lowest BCUT2D eigenvalue weighted by Gasteiger charge is -2.17. The van der Waals surface area contributed by atoms with Crippen LogP contribution in [0.2, 0.25) is 5.02 Å². The topological polar surface area (TPSA) is 48.4 Å². The number of halogens is 1. The molecule has 3 rings (SSSR count). The van der Waals surface area contributed by atoms with Crippen LogP contribution in [0, 0.1) is 0 Å². The van der Waals surface area contributed by atoms with Gasteiger partial charge in [-0.2, -0.15) is 0 Å². The van der Waals surface area contributed by atoms with Crippen molar-refractivity contribution in [1.82, 2.24) is 4.98 Å². The van der Waals surface area contributed by atoms with E-state index in [-0.39, 0.29) is 6.16 Å². The van der Waals surface area contributed by atoms with Crippen molar-refractivity contribution in [2.75, 3.05) is 13.2 Å². The minimum atomic E-state index is -3.09. The van der Waals surface area contributed by atoms with E-state index in [4.69, 9.17) is 20.6 Å². The molecule has 3 aromatic rings. The largest absolute Gasteiger partial charge is 0.335 e. The molecule has 4 nitrogen and oxygen atoms in total. The molecule has 0 amide bonds. The smallest absolute Gasteiger partial charge is 0.309 e. The minimum absolute atomic E-state index is 0.265. The number of rotatable bonds is 7. The van der Waals surface area contributed by atoms with Gasteiger partial charge in [0.1, 0.15) is 5.01 Å².